The summed E-state index contributed by atoms with van der Waals surface area (Å²) in [6.45, 7) is 6.84. The SMILES string of the molecule is Cc1cccc(Cn2c(=O)c3c(nc4n3C[C@@H](C)CN4CCc3ccccc3)n(C)c2=O)c1. The van der Waals surface area contributed by atoms with E-state index in [0.29, 0.717) is 23.6 Å². The Morgan fingerprint density at radius 2 is 1.76 bits per heavy atom. The summed E-state index contributed by atoms with van der Waals surface area (Å²) in [5.74, 6) is 1.15. The van der Waals surface area contributed by atoms with Gasteiger partial charge in [0, 0.05) is 26.7 Å². The fourth-order valence-corrected chi connectivity index (χ4v) is 4.83. The van der Waals surface area contributed by atoms with Gasteiger partial charge in [0.25, 0.3) is 5.56 Å². The van der Waals surface area contributed by atoms with E-state index >= 15 is 0 Å². The maximum absolute atomic E-state index is 13.6. The molecule has 0 unspecified atom stereocenters. The van der Waals surface area contributed by atoms with Crippen LogP contribution >= 0.6 is 0 Å². The van der Waals surface area contributed by atoms with Crippen molar-refractivity contribution in [3.8, 4) is 0 Å². The standard InChI is InChI=1S/C26H29N5O2/c1-18-8-7-11-21(14-18)17-31-24(32)22-23(28(3)26(31)33)27-25-29(15-19(2)16-30(22)25)13-12-20-9-5-4-6-10-20/h4-11,14,19H,12-13,15-17H2,1-3H3/t19-/m0/s1. The van der Waals surface area contributed by atoms with Crippen LogP contribution < -0.4 is 16.1 Å². The summed E-state index contributed by atoms with van der Waals surface area (Å²) < 4.78 is 4.86. The van der Waals surface area contributed by atoms with Gasteiger partial charge in [-0.3, -0.25) is 13.9 Å². The lowest BCUT2D eigenvalue weighted by Crippen LogP contribution is -2.41. The number of aryl methyl sites for hydroxylation is 2. The van der Waals surface area contributed by atoms with Gasteiger partial charge < -0.3 is 9.47 Å². The third kappa shape index (κ3) is 3.88. The van der Waals surface area contributed by atoms with E-state index in [0.717, 1.165) is 36.6 Å². The number of hydrogen-bond donors (Lipinski definition) is 0. The Kier molecular flexibility index (Phi) is 5.40. The van der Waals surface area contributed by atoms with Crippen molar-refractivity contribution in [2.45, 2.75) is 33.4 Å². The number of anilines is 1. The minimum Gasteiger partial charge on any atom is -0.342 e. The van der Waals surface area contributed by atoms with Crippen LogP contribution in [0.2, 0.25) is 0 Å². The van der Waals surface area contributed by atoms with Gasteiger partial charge in [-0.05, 0) is 30.4 Å². The minimum atomic E-state index is -0.340. The number of imidazole rings is 1. The van der Waals surface area contributed by atoms with Crippen LogP contribution in [0.4, 0.5) is 5.95 Å². The van der Waals surface area contributed by atoms with Gasteiger partial charge in [0.2, 0.25) is 5.95 Å². The summed E-state index contributed by atoms with van der Waals surface area (Å²) >= 11 is 0. The van der Waals surface area contributed by atoms with Crippen LogP contribution in [0.15, 0.2) is 64.2 Å². The van der Waals surface area contributed by atoms with Gasteiger partial charge >= 0.3 is 5.69 Å². The van der Waals surface area contributed by atoms with Crippen molar-refractivity contribution in [3.63, 3.8) is 0 Å². The molecule has 5 rings (SSSR count). The number of aromatic nitrogens is 4. The Morgan fingerprint density at radius 1 is 1.00 bits per heavy atom. The third-order valence-electron chi connectivity index (χ3n) is 6.46. The van der Waals surface area contributed by atoms with Crippen LogP contribution in [0.5, 0.6) is 0 Å². The molecule has 1 aliphatic heterocycles. The topological polar surface area (TPSA) is 65.1 Å². The van der Waals surface area contributed by atoms with E-state index in [4.69, 9.17) is 4.98 Å². The Labute approximate surface area is 192 Å². The van der Waals surface area contributed by atoms with Crippen molar-refractivity contribution in [3.05, 3.63) is 92.1 Å². The van der Waals surface area contributed by atoms with E-state index in [9.17, 15) is 9.59 Å². The molecular formula is C26H29N5O2. The van der Waals surface area contributed by atoms with Crippen molar-refractivity contribution in [1.82, 2.24) is 18.7 Å². The molecule has 4 aromatic rings. The van der Waals surface area contributed by atoms with Crippen LogP contribution in [0, 0.1) is 12.8 Å². The molecule has 0 saturated heterocycles. The first-order chi connectivity index (χ1) is 15.9. The van der Waals surface area contributed by atoms with Gasteiger partial charge in [-0.1, -0.05) is 67.1 Å². The molecular weight excluding hydrogens is 414 g/mol. The van der Waals surface area contributed by atoms with Crippen LogP contribution in [-0.4, -0.2) is 31.8 Å². The number of hydrogen-bond acceptors (Lipinski definition) is 4. The highest BCUT2D eigenvalue weighted by Gasteiger charge is 2.28. The van der Waals surface area contributed by atoms with Gasteiger partial charge in [-0.2, -0.15) is 4.98 Å². The van der Waals surface area contributed by atoms with E-state index in [1.807, 2.05) is 41.8 Å². The normalized spacial score (nSPS) is 15.7. The largest absolute Gasteiger partial charge is 0.342 e. The molecule has 7 heteroatoms. The van der Waals surface area contributed by atoms with Crippen molar-refractivity contribution < 1.29 is 0 Å². The lowest BCUT2D eigenvalue weighted by Gasteiger charge is -2.33. The molecule has 0 N–H and O–H groups in total. The molecule has 0 fully saturated rings. The fraction of sp³-hybridized carbons (Fsp3) is 0.346. The van der Waals surface area contributed by atoms with Crippen LogP contribution in [-0.2, 0) is 26.6 Å². The molecule has 0 spiro atoms. The Hall–Kier alpha value is -3.61. The zero-order chi connectivity index (χ0) is 23.1. The summed E-state index contributed by atoms with van der Waals surface area (Å²) in [5, 5.41) is 0. The van der Waals surface area contributed by atoms with Gasteiger partial charge in [0.05, 0.1) is 6.54 Å². The zero-order valence-electron chi connectivity index (χ0n) is 19.4. The lowest BCUT2D eigenvalue weighted by atomic mass is 10.1. The van der Waals surface area contributed by atoms with Crippen LogP contribution in [0.1, 0.15) is 23.6 Å². The van der Waals surface area contributed by atoms with E-state index in [2.05, 4.69) is 36.1 Å². The highest BCUT2D eigenvalue weighted by molar-refractivity contribution is 5.75. The van der Waals surface area contributed by atoms with Crippen LogP contribution in [0.3, 0.4) is 0 Å². The third-order valence-corrected chi connectivity index (χ3v) is 6.46. The van der Waals surface area contributed by atoms with E-state index in [1.54, 1.807) is 7.05 Å². The maximum Gasteiger partial charge on any atom is 0.332 e. The average molecular weight is 444 g/mol. The monoisotopic (exact) mass is 443 g/mol. The number of rotatable bonds is 5. The average Bonchev–Trinajstić information content (AvgIpc) is 3.19. The van der Waals surface area contributed by atoms with Crippen molar-refractivity contribution in [1.29, 1.82) is 0 Å². The maximum atomic E-state index is 13.6. The fourth-order valence-electron chi connectivity index (χ4n) is 4.83. The van der Waals surface area contributed by atoms with Gasteiger partial charge in [-0.15, -0.1) is 0 Å². The van der Waals surface area contributed by atoms with Gasteiger partial charge in [0.1, 0.15) is 0 Å². The zero-order valence-corrected chi connectivity index (χ0v) is 19.4. The van der Waals surface area contributed by atoms with Crippen molar-refractivity contribution in [2.75, 3.05) is 18.0 Å². The van der Waals surface area contributed by atoms with E-state index in [-0.39, 0.29) is 17.8 Å². The second kappa shape index (κ2) is 8.39. The summed E-state index contributed by atoms with van der Waals surface area (Å²) in [7, 11) is 1.70. The van der Waals surface area contributed by atoms with Gasteiger partial charge in [0.15, 0.2) is 11.2 Å². The predicted molar refractivity (Wildman–Crippen MR) is 131 cm³/mol. The minimum absolute atomic E-state index is 0.247. The summed E-state index contributed by atoms with van der Waals surface area (Å²) in [6.07, 6.45) is 0.896. The smallest absolute Gasteiger partial charge is 0.332 e. The second-order valence-electron chi connectivity index (χ2n) is 9.20. The Balaban J connectivity index is 1.59. The molecule has 0 saturated carbocycles. The molecule has 0 amide bonds. The van der Waals surface area contributed by atoms with E-state index in [1.165, 1.54) is 14.7 Å². The van der Waals surface area contributed by atoms with Crippen molar-refractivity contribution in [2.24, 2.45) is 13.0 Å². The molecule has 1 aliphatic rings. The summed E-state index contributed by atoms with van der Waals surface area (Å²) in [5.41, 5.74) is 3.66. The second-order valence-corrected chi connectivity index (χ2v) is 9.20. The first-order valence-corrected chi connectivity index (χ1v) is 11.5. The highest BCUT2D eigenvalue weighted by Crippen LogP contribution is 2.27. The molecule has 7 nitrogen and oxygen atoms in total. The predicted octanol–water partition coefficient (Wildman–Crippen LogP) is 2.95. The molecule has 1 atom stereocenters. The number of benzene rings is 2. The van der Waals surface area contributed by atoms with Crippen LogP contribution in [0.25, 0.3) is 11.2 Å². The van der Waals surface area contributed by atoms with Crippen molar-refractivity contribution >= 4 is 17.1 Å². The molecule has 170 valence electrons. The molecule has 0 bridgehead atoms. The van der Waals surface area contributed by atoms with Gasteiger partial charge in [-0.25, -0.2) is 4.79 Å². The Bertz CT molecular complexity index is 1430. The first-order valence-electron chi connectivity index (χ1n) is 11.5. The number of nitrogens with zero attached hydrogens (tertiary/aromatic N) is 5. The lowest BCUT2D eigenvalue weighted by molar-refractivity contribution is 0.437. The molecule has 33 heavy (non-hydrogen) atoms. The Morgan fingerprint density at radius 3 is 2.52 bits per heavy atom. The summed E-state index contributed by atoms with van der Waals surface area (Å²) in [6, 6.07) is 18.3. The first kappa shape index (κ1) is 21.2. The highest BCUT2D eigenvalue weighted by atomic mass is 16.2. The number of fused-ring (bicyclic) bond motifs is 3. The van der Waals surface area contributed by atoms with E-state index < -0.39 is 0 Å². The molecule has 2 aromatic heterocycles. The summed E-state index contributed by atoms with van der Waals surface area (Å²) in [4.78, 5) is 33.8. The molecule has 0 aliphatic carbocycles. The molecule has 2 aromatic carbocycles. The molecule has 3 heterocycles. The molecule has 0 radical (unpaired) electrons. The quantitative estimate of drug-likeness (QED) is 0.476.